The van der Waals surface area contributed by atoms with E-state index in [2.05, 4.69) is 0 Å². The van der Waals surface area contributed by atoms with E-state index in [-0.39, 0.29) is 0 Å². The lowest BCUT2D eigenvalue weighted by Gasteiger charge is -2.30. The molecule has 0 aliphatic carbocycles. The van der Waals surface area contributed by atoms with E-state index >= 15 is 0 Å². The van der Waals surface area contributed by atoms with Gasteiger partial charge in [-0.05, 0) is 0 Å². The van der Waals surface area contributed by atoms with Gasteiger partial charge in [0, 0.05) is 6.92 Å². The Labute approximate surface area is 79.9 Å². The largest absolute Gasteiger partial charge is 0.394 e. The van der Waals surface area contributed by atoms with Gasteiger partial charge in [-0.25, -0.2) is 0 Å². The standard InChI is InChI=1S/C7H14O7/c1-3(9)7(13,14)6(12)5(11)4(10)2-8/h4-6,8,10-14H,2H2,1H3. The number of carbonyl (C=O) groups excluding carboxylic acids is 1. The Morgan fingerprint density at radius 1 is 1.29 bits per heavy atom. The van der Waals surface area contributed by atoms with Crippen molar-refractivity contribution in [2.45, 2.75) is 31.0 Å². The highest BCUT2D eigenvalue weighted by atomic mass is 16.5. The molecule has 0 aromatic carbocycles. The number of aliphatic hydroxyl groups excluding tert-OH is 4. The van der Waals surface area contributed by atoms with Crippen LogP contribution in [0.15, 0.2) is 0 Å². The summed E-state index contributed by atoms with van der Waals surface area (Å²) in [6, 6.07) is 0. The summed E-state index contributed by atoms with van der Waals surface area (Å²) in [6.45, 7) is -0.0898. The summed E-state index contributed by atoms with van der Waals surface area (Å²) in [6.07, 6.45) is -6.08. The highest BCUT2D eigenvalue weighted by Crippen LogP contribution is 2.14. The van der Waals surface area contributed by atoms with Crippen LogP contribution in [0.1, 0.15) is 6.92 Å². The topological polar surface area (TPSA) is 138 Å². The molecule has 0 spiro atoms. The molecule has 0 heterocycles. The van der Waals surface area contributed by atoms with Crippen LogP contribution in [0.3, 0.4) is 0 Å². The molecule has 0 bridgehead atoms. The fourth-order valence-electron chi connectivity index (χ4n) is 0.765. The van der Waals surface area contributed by atoms with Crippen LogP contribution >= 0.6 is 0 Å². The van der Waals surface area contributed by atoms with Crippen molar-refractivity contribution < 1.29 is 35.4 Å². The van der Waals surface area contributed by atoms with Gasteiger partial charge in [0.05, 0.1) is 6.61 Å². The molecule has 0 aromatic rings. The van der Waals surface area contributed by atoms with Crippen LogP contribution in [-0.4, -0.2) is 67.1 Å². The van der Waals surface area contributed by atoms with E-state index in [1.165, 1.54) is 0 Å². The predicted molar refractivity (Wildman–Crippen MR) is 43.0 cm³/mol. The lowest BCUT2D eigenvalue weighted by atomic mass is 9.98. The molecular weight excluding hydrogens is 196 g/mol. The maximum absolute atomic E-state index is 10.6. The molecule has 84 valence electrons. The normalized spacial score (nSPS) is 18.8. The van der Waals surface area contributed by atoms with E-state index < -0.39 is 36.5 Å². The maximum atomic E-state index is 10.6. The third kappa shape index (κ3) is 2.71. The molecule has 7 heteroatoms. The maximum Gasteiger partial charge on any atom is 0.253 e. The first-order valence-electron chi connectivity index (χ1n) is 3.86. The number of Topliss-reactive ketones (excluding diaryl/α,β-unsaturated/α-hetero) is 1. The minimum Gasteiger partial charge on any atom is -0.394 e. The first kappa shape index (κ1) is 13.4. The van der Waals surface area contributed by atoms with E-state index in [0.717, 1.165) is 6.92 Å². The Bertz CT molecular complexity index is 202. The molecule has 3 atom stereocenters. The Balaban J connectivity index is 4.60. The third-order valence-corrected chi connectivity index (χ3v) is 1.84. The van der Waals surface area contributed by atoms with Gasteiger partial charge in [-0.2, -0.15) is 0 Å². The van der Waals surface area contributed by atoms with Gasteiger partial charge in [0.2, 0.25) is 0 Å². The molecule has 0 amide bonds. The molecule has 0 saturated heterocycles. The van der Waals surface area contributed by atoms with Gasteiger partial charge in [0.1, 0.15) is 18.3 Å². The zero-order chi connectivity index (χ0) is 11.5. The quantitative estimate of drug-likeness (QED) is 0.257. The monoisotopic (exact) mass is 210 g/mol. The van der Waals surface area contributed by atoms with E-state index in [1.54, 1.807) is 0 Å². The molecule has 0 aromatic heterocycles. The third-order valence-electron chi connectivity index (χ3n) is 1.84. The second kappa shape index (κ2) is 4.78. The number of aliphatic hydroxyl groups is 6. The van der Waals surface area contributed by atoms with E-state index in [0.29, 0.717) is 0 Å². The summed E-state index contributed by atoms with van der Waals surface area (Å²) in [4.78, 5) is 10.6. The minimum absolute atomic E-state index is 0.793. The SMILES string of the molecule is CC(=O)C(O)(O)C(O)C(O)C(O)CO. The smallest absolute Gasteiger partial charge is 0.253 e. The minimum atomic E-state index is -3.14. The van der Waals surface area contributed by atoms with Crippen LogP contribution in [0.25, 0.3) is 0 Å². The highest BCUT2D eigenvalue weighted by molar-refractivity contribution is 5.83. The van der Waals surface area contributed by atoms with Crippen molar-refractivity contribution in [2.24, 2.45) is 0 Å². The van der Waals surface area contributed by atoms with Crippen molar-refractivity contribution in [3.63, 3.8) is 0 Å². The average Bonchev–Trinajstić information content (AvgIpc) is 2.13. The molecule has 0 rings (SSSR count). The Kier molecular flexibility index (Phi) is 4.59. The van der Waals surface area contributed by atoms with Crippen LogP contribution in [-0.2, 0) is 4.79 Å². The molecular formula is C7H14O7. The molecule has 0 fully saturated rings. The van der Waals surface area contributed by atoms with E-state index in [4.69, 9.17) is 30.6 Å². The van der Waals surface area contributed by atoms with Gasteiger partial charge < -0.3 is 30.6 Å². The summed E-state index contributed by atoms with van der Waals surface area (Å²) in [7, 11) is 0. The van der Waals surface area contributed by atoms with Gasteiger partial charge in [-0.1, -0.05) is 0 Å². The zero-order valence-corrected chi connectivity index (χ0v) is 7.53. The second-order valence-electron chi connectivity index (χ2n) is 2.97. The summed E-state index contributed by atoms with van der Waals surface area (Å²) in [5, 5.41) is 53.3. The van der Waals surface area contributed by atoms with Gasteiger partial charge in [0.25, 0.3) is 5.79 Å². The van der Waals surface area contributed by atoms with E-state index in [9.17, 15) is 4.79 Å². The Morgan fingerprint density at radius 2 is 1.71 bits per heavy atom. The lowest BCUT2D eigenvalue weighted by Crippen LogP contribution is -2.57. The van der Waals surface area contributed by atoms with Crippen molar-refractivity contribution in [2.75, 3.05) is 6.61 Å². The van der Waals surface area contributed by atoms with Crippen LogP contribution in [0.2, 0.25) is 0 Å². The van der Waals surface area contributed by atoms with Crippen LogP contribution in [0.4, 0.5) is 0 Å². The number of ketones is 1. The second-order valence-corrected chi connectivity index (χ2v) is 2.97. The lowest BCUT2D eigenvalue weighted by molar-refractivity contribution is -0.245. The van der Waals surface area contributed by atoms with Crippen molar-refractivity contribution in [3.8, 4) is 0 Å². The average molecular weight is 210 g/mol. The molecule has 0 radical (unpaired) electrons. The van der Waals surface area contributed by atoms with Crippen molar-refractivity contribution in [1.29, 1.82) is 0 Å². The van der Waals surface area contributed by atoms with Gasteiger partial charge in [0.15, 0.2) is 5.78 Å². The van der Waals surface area contributed by atoms with E-state index in [1.807, 2.05) is 0 Å². The summed E-state index contributed by atoms with van der Waals surface area (Å²) < 4.78 is 0. The van der Waals surface area contributed by atoms with Crippen molar-refractivity contribution in [3.05, 3.63) is 0 Å². The van der Waals surface area contributed by atoms with Gasteiger partial charge >= 0.3 is 0 Å². The summed E-state index contributed by atoms with van der Waals surface area (Å²) >= 11 is 0. The fourth-order valence-corrected chi connectivity index (χ4v) is 0.765. The summed E-state index contributed by atoms with van der Waals surface area (Å²) in [5.41, 5.74) is 0. The van der Waals surface area contributed by atoms with Gasteiger partial charge in [-0.3, -0.25) is 4.79 Å². The molecule has 6 N–H and O–H groups in total. The van der Waals surface area contributed by atoms with Crippen molar-refractivity contribution >= 4 is 5.78 Å². The highest BCUT2D eigenvalue weighted by Gasteiger charge is 2.44. The number of hydrogen-bond donors (Lipinski definition) is 6. The van der Waals surface area contributed by atoms with Crippen LogP contribution < -0.4 is 0 Å². The summed E-state index contributed by atoms with van der Waals surface area (Å²) in [5.74, 6) is -4.33. The molecule has 0 aliphatic heterocycles. The Hall–Kier alpha value is -0.570. The number of hydrogen-bond acceptors (Lipinski definition) is 7. The molecule has 3 unspecified atom stereocenters. The van der Waals surface area contributed by atoms with Gasteiger partial charge in [-0.15, -0.1) is 0 Å². The molecule has 7 nitrogen and oxygen atoms in total. The molecule has 0 saturated carbocycles. The first-order chi connectivity index (χ1) is 6.25. The predicted octanol–water partition coefficient (Wildman–Crippen LogP) is -3.67. The number of carbonyl (C=O) groups is 1. The van der Waals surface area contributed by atoms with Crippen molar-refractivity contribution in [1.82, 2.24) is 0 Å². The van der Waals surface area contributed by atoms with Crippen LogP contribution in [0.5, 0.6) is 0 Å². The zero-order valence-electron chi connectivity index (χ0n) is 7.53. The molecule has 0 aliphatic rings. The number of rotatable bonds is 5. The first-order valence-corrected chi connectivity index (χ1v) is 3.86. The Morgan fingerprint density at radius 3 is 2.00 bits per heavy atom. The molecule has 14 heavy (non-hydrogen) atoms. The van der Waals surface area contributed by atoms with Crippen LogP contribution in [0, 0.1) is 0 Å². The fraction of sp³-hybridized carbons (Fsp3) is 0.857.